The summed E-state index contributed by atoms with van der Waals surface area (Å²) in [6.07, 6.45) is 5.68. The number of benzene rings is 1. The molecule has 0 aromatic heterocycles. The number of carbonyl (C=O) groups excluding carboxylic acids is 1. The third-order valence-electron chi connectivity index (χ3n) is 3.70. The van der Waals surface area contributed by atoms with E-state index < -0.39 is 0 Å². The molecule has 1 aliphatic carbocycles. The van der Waals surface area contributed by atoms with Crippen molar-refractivity contribution in [3.05, 3.63) is 41.6 Å². The van der Waals surface area contributed by atoms with Crippen LogP contribution < -0.4 is 4.90 Å². The lowest BCUT2D eigenvalue weighted by Crippen LogP contribution is -2.30. The number of hydrogen-bond donors (Lipinski definition) is 0. The molecule has 0 unspecified atom stereocenters. The highest BCUT2D eigenvalue weighted by atomic mass is 16.1. The van der Waals surface area contributed by atoms with E-state index in [1.165, 1.54) is 16.9 Å². The Kier molecular flexibility index (Phi) is 2.50. The molecule has 0 saturated heterocycles. The Labute approximate surface area is 102 Å². The second kappa shape index (κ2) is 4.02. The van der Waals surface area contributed by atoms with Gasteiger partial charge in [0.25, 0.3) is 0 Å². The normalized spacial score (nSPS) is 23.6. The summed E-state index contributed by atoms with van der Waals surface area (Å²) in [7, 11) is 0. The summed E-state index contributed by atoms with van der Waals surface area (Å²) in [5.41, 5.74) is 3.90. The molecule has 0 amide bonds. The van der Waals surface area contributed by atoms with Gasteiger partial charge in [0.2, 0.25) is 0 Å². The molecule has 0 spiro atoms. The topological polar surface area (TPSA) is 20.3 Å². The highest BCUT2D eigenvalue weighted by molar-refractivity contribution is 5.92. The quantitative estimate of drug-likeness (QED) is 0.735. The molecule has 0 radical (unpaired) electrons. The summed E-state index contributed by atoms with van der Waals surface area (Å²) in [5, 5.41) is 0. The van der Waals surface area contributed by atoms with Crippen molar-refractivity contribution in [3.8, 4) is 0 Å². The second-order valence-corrected chi connectivity index (χ2v) is 5.01. The number of fused-ring (bicyclic) bond motifs is 1. The minimum atomic E-state index is 0.280. The van der Waals surface area contributed by atoms with Crippen LogP contribution in [0.5, 0.6) is 0 Å². The molecule has 0 saturated carbocycles. The Balaban J connectivity index is 2.01. The van der Waals surface area contributed by atoms with E-state index in [0.717, 1.165) is 19.3 Å². The van der Waals surface area contributed by atoms with Crippen LogP contribution in [0, 0.1) is 0 Å². The molecular weight excluding hydrogens is 210 g/mol. The fourth-order valence-electron chi connectivity index (χ4n) is 2.97. The molecule has 1 atom stereocenters. The van der Waals surface area contributed by atoms with Gasteiger partial charge in [-0.2, -0.15) is 0 Å². The first kappa shape index (κ1) is 10.6. The molecule has 2 heteroatoms. The van der Waals surface area contributed by atoms with E-state index in [1.807, 2.05) is 6.08 Å². The molecule has 88 valence electrons. The lowest BCUT2D eigenvalue weighted by atomic mass is 10.0. The van der Waals surface area contributed by atoms with Gasteiger partial charge in [-0.25, -0.2) is 0 Å². The van der Waals surface area contributed by atoms with Gasteiger partial charge in [-0.05, 0) is 37.8 Å². The zero-order chi connectivity index (χ0) is 11.8. The van der Waals surface area contributed by atoms with Crippen LogP contribution in [0.15, 0.2) is 36.0 Å². The number of nitrogens with zero attached hydrogens (tertiary/aromatic N) is 1. The Morgan fingerprint density at radius 1 is 1.24 bits per heavy atom. The van der Waals surface area contributed by atoms with Gasteiger partial charge in [0.1, 0.15) is 0 Å². The van der Waals surface area contributed by atoms with Crippen molar-refractivity contribution in [1.29, 1.82) is 0 Å². The van der Waals surface area contributed by atoms with Crippen molar-refractivity contribution in [2.45, 2.75) is 38.6 Å². The summed E-state index contributed by atoms with van der Waals surface area (Å²) in [6.45, 7) is 2.24. The molecule has 1 aromatic rings. The smallest absolute Gasteiger partial charge is 0.157 e. The number of carbonyl (C=O) groups is 1. The largest absolute Gasteiger partial charge is 0.342 e. The molecule has 0 fully saturated rings. The number of hydrogen-bond acceptors (Lipinski definition) is 2. The van der Waals surface area contributed by atoms with Gasteiger partial charge in [0.05, 0.1) is 0 Å². The Hall–Kier alpha value is -1.57. The minimum Gasteiger partial charge on any atom is -0.342 e. The molecule has 1 aromatic carbocycles. The van der Waals surface area contributed by atoms with Crippen LogP contribution in [0.2, 0.25) is 0 Å². The number of rotatable bonds is 1. The number of ketones is 1. The molecule has 3 rings (SSSR count). The fourth-order valence-corrected chi connectivity index (χ4v) is 2.97. The molecule has 17 heavy (non-hydrogen) atoms. The minimum absolute atomic E-state index is 0.280. The van der Waals surface area contributed by atoms with Crippen molar-refractivity contribution in [1.82, 2.24) is 0 Å². The Morgan fingerprint density at radius 2 is 2.06 bits per heavy atom. The zero-order valence-electron chi connectivity index (χ0n) is 10.1. The van der Waals surface area contributed by atoms with Crippen molar-refractivity contribution in [2.75, 3.05) is 4.90 Å². The van der Waals surface area contributed by atoms with E-state index in [9.17, 15) is 4.79 Å². The van der Waals surface area contributed by atoms with Crippen LogP contribution in [0.3, 0.4) is 0 Å². The monoisotopic (exact) mass is 227 g/mol. The third-order valence-corrected chi connectivity index (χ3v) is 3.70. The SMILES string of the molecule is C[C@@H]1Cc2ccccc2N1C1=CC(=O)CCC1. The predicted molar refractivity (Wildman–Crippen MR) is 69.0 cm³/mol. The van der Waals surface area contributed by atoms with Gasteiger partial charge < -0.3 is 4.90 Å². The number of para-hydroxylation sites is 1. The fraction of sp³-hybridized carbons (Fsp3) is 0.400. The first-order valence-corrected chi connectivity index (χ1v) is 6.36. The Bertz CT molecular complexity index is 489. The second-order valence-electron chi connectivity index (χ2n) is 5.01. The van der Waals surface area contributed by atoms with Crippen molar-refractivity contribution >= 4 is 11.5 Å². The maximum absolute atomic E-state index is 11.5. The molecule has 0 bridgehead atoms. The van der Waals surface area contributed by atoms with E-state index in [1.54, 1.807) is 0 Å². The maximum atomic E-state index is 11.5. The summed E-state index contributed by atoms with van der Waals surface area (Å²) in [4.78, 5) is 13.9. The summed E-state index contributed by atoms with van der Waals surface area (Å²) < 4.78 is 0. The lowest BCUT2D eigenvalue weighted by Gasteiger charge is -2.29. The molecular formula is C15H17NO. The van der Waals surface area contributed by atoms with Gasteiger partial charge in [0, 0.05) is 29.9 Å². The standard InChI is InChI=1S/C15H17NO/c1-11-9-12-5-2-3-8-15(12)16(11)13-6-4-7-14(17)10-13/h2-3,5,8,10-11H,4,6-7,9H2,1H3/t11-/m1/s1. The highest BCUT2D eigenvalue weighted by Crippen LogP contribution is 2.37. The lowest BCUT2D eigenvalue weighted by molar-refractivity contribution is -0.115. The molecule has 2 nitrogen and oxygen atoms in total. The van der Waals surface area contributed by atoms with Crippen LogP contribution in [-0.4, -0.2) is 11.8 Å². The van der Waals surface area contributed by atoms with Gasteiger partial charge in [-0.15, -0.1) is 0 Å². The third kappa shape index (κ3) is 1.78. The first-order valence-electron chi connectivity index (χ1n) is 6.36. The molecule has 1 heterocycles. The number of anilines is 1. The van der Waals surface area contributed by atoms with Gasteiger partial charge in [-0.1, -0.05) is 18.2 Å². The van der Waals surface area contributed by atoms with Gasteiger partial charge >= 0.3 is 0 Å². The molecule has 2 aliphatic rings. The predicted octanol–water partition coefficient (Wildman–Crippen LogP) is 3.07. The van der Waals surface area contributed by atoms with Crippen LogP contribution in [-0.2, 0) is 11.2 Å². The van der Waals surface area contributed by atoms with Gasteiger partial charge in [-0.3, -0.25) is 4.79 Å². The van der Waals surface area contributed by atoms with Crippen LogP contribution >= 0.6 is 0 Å². The summed E-state index contributed by atoms with van der Waals surface area (Å²) in [6, 6.07) is 9.00. The van der Waals surface area contributed by atoms with Crippen LogP contribution in [0.4, 0.5) is 5.69 Å². The van der Waals surface area contributed by atoms with E-state index in [4.69, 9.17) is 0 Å². The average Bonchev–Trinajstić information content (AvgIpc) is 2.64. The maximum Gasteiger partial charge on any atom is 0.157 e. The number of allylic oxidation sites excluding steroid dienone is 2. The summed E-state index contributed by atoms with van der Waals surface area (Å²) >= 11 is 0. The first-order chi connectivity index (χ1) is 8.25. The average molecular weight is 227 g/mol. The van der Waals surface area contributed by atoms with Crippen molar-refractivity contribution < 1.29 is 4.79 Å². The zero-order valence-corrected chi connectivity index (χ0v) is 10.1. The summed E-state index contributed by atoms with van der Waals surface area (Å²) in [5.74, 6) is 0.280. The highest BCUT2D eigenvalue weighted by Gasteiger charge is 2.29. The van der Waals surface area contributed by atoms with Crippen molar-refractivity contribution in [3.63, 3.8) is 0 Å². The van der Waals surface area contributed by atoms with Gasteiger partial charge in [0.15, 0.2) is 5.78 Å². The molecule has 0 N–H and O–H groups in total. The molecule has 1 aliphatic heterocycles. The van der Waals surface area contributed by atoms with E-state index in [2.05, 4.69) is 36.1 Å². The Morgan fingerprint density at radius 3 is 2.88 bits per heavy atom. The van der Waals surface area contributed by atoms with Crippen LogP contribution in [0.25, 0.3) is 0 Å². The van der Waals surface area contributed by atoms with E-state index in [-0.39, 0.29) is 5.78 Å². The van der Waals surface area contributed by atoms with E-state index >= 15 is 0 Å². The van der Waals surface area contributed by atoms with Crippen LogP contribution in [0.1, 0.15) is 31.7 Å². The van der Waals surface area contributed by atoms with Crippen molar-refractivity contribution in [2.24, 2.45) is 0 Å². The van der Waals surface area contributed by atoms with E-state index in [0.29, 0.717) is 12.5 Å².